The first kappa shape index (κ1) is 13.6. The number of carbonyl (C=O) groups is 2. The SMILES string of the molecule is O=C(O)c1cccn2c(C3CCOCC3)nc(C(=O)O)c12. The Kier molecular flexibility index (Phi) is 3.34. The quantitative estimate of drug-likeness (QED) is 0.890. The van der Waals surface area contributed by atoms with E-state index in [9.17, 15) is 19.8 Å². The molecule has 0 aliphatic carbocycles. The van der Waals surface area contributed by atoms with Crippen LogP contribution in [0.3, 0.4) is 0 Å². The number of rotatable bonds is 3. The minimum Gasteiger partial charge on any atom is -0.478 e. The first-order chi connectivity index (χ1) is 10.1. The molecule has 3 heterocycles. The molecular formula is C14H14N2O5. The molecule has 1 fully saturated rings. The minimum atomic E-state index is -1.22. The van der Waals surface area contributed by atoms with Gasteiger partial charge in [-0.1, -0.05) is 0 Å². The summed E-state index contributed by atoms with van der Waals surface area (Å²) in [6.45, 7) is 1.20. The van der Waals surface area contributed by atoms with Crippen LogP contribution in [0.2, 0.25) is 0 Å². The van der Waals surface area contributed by atoms with Gasteiger partial charge in [-0.15, -0.1) is 0 Å². The number of nitrogens with zero attached hydrogens (tertiary/aromatic N) is 2. The molecule has 0 amide bonds. The molecule has 0 atom stereocenters. The summed E-state index contributed by atoms with van der Waals surface area (Å²) in [7, 11) is 0. The molecule has 0 radical (unpaired) electrons. The highest BCUT2D eigenvalue weighted by atomic mass is 16.5. The molecule has 0 saturated carbocycles. The summed E-state index contributed by atoms with van der Waals surface area (Å²) in [6, 6.07) is 2.98. The predicted molar refractivity (Wildman–Crippen MR) is 71.9 cm³/mol. The van der Waals surface area contributed by atoms with E-state index in [-0.39, 0.29) is 22.7 Å². The molecule has 7 nitrogen and oxygen atoms in total. The third-order valence-electron chi connectivity index (χ3n) is 3.71. The Bertz CT molecular complexity index is 715. The van der Waals surface area contributed by atoms with Gasteiger partial charge in [0.15, 0.2) is 5.69 Å². The standard InChI is InChI=1S/C14H14N2O5/c17-13(18)9-2-1-5-16-11(9)10(14(19)20)15-12(16)8-3-6-21-7-4-8/h1-2,5,8H,3-4,6-7H2,(H,17,18)(H,19,20). The second-order valence-electron chi connectivity index (χ2n) is 4.96. The van der Waals surface area contributed by atoms with Crippen LogP contribution in [0.5, 0.6) is 0 Å². The van der Waals surface area contributed by atoms with Crippen molar-refractivity contribution >= 4 is 17.5 Å². The van der Waals surface area contributed by atoms with Gasteiger partial charge < -0.3 is 19.4 Å². The summed E-state index contributed by atoms with van der Waals surface area (Å²) in [5.41, 5.74) is -0.130. The third kappa shape index (κ3) is 2.25. The molecule has 0 aromatic carbocycles. The molecule has 1 saturated heterocycles. The van der Waals surface area contributed by atoms with Gasteiger partial charge in [-0.25, -0.2) is 14.6 Å². The van der Waals surface area contributed by atoms with Crippen molar-refractivity contribution in [3.05, 3.63) is 35.4 Å². The summed E-state index contributed by atoms with van der Waals surface area (Å²) in [4.78, 5) is 26.9. The maximum absolute atomic E-state index is 11.4. The molecule has 1 aliphatic rings. The number of hydrogen-bond acceptors (Lipinski definition) is 4. The summed E-state index contributed by atoms with van der Waals surface area (Å²) in [5, 5.41) is 18.6. The lowest BCUT2D eigenvalue weighted by atomic mass is 9.99. The maximum Gasteiger partial charge on any atom is 0.356 e. The van der Waals surface area contributed by atoms with Gasteiger partial charge >= 0.3 is 11.9 Å². The van der Waals surface area contributed by atoms with Gasteiger partial charge in [-0.2, -0.15) is 0 Å². The van der Waals surface area contributed by atoms with Crippen molar-refractivity contribution < 1.29 is 24.5 Å². The van der Waals surface area contributed by atoms with Gasteiger partial charge in [0.05, 0.1) is 11.1 Å². The van der Waals surface area contributed by atoms with Gasteiger partial charge in [0, 0.05) is 25.3 Å². The molecular weight excluding hydrogens is 276 g/mol. The van der Waals surface area contributed by atoms with Crippen LogP contribution < -0.4 is 0 Å². The topological polar surface area (TPSA) is 101 Å². The van der Waals surface area contributed by atoms with Crippen LogP contribution >= 0.6 is 0 Å². The molecule has 1 aliphatic heterocycles. The highest BCUT2D eigenvalue weighted by Gasteiger charge is 2.27. The number of hydrogen-bond donors (Lipinski definition) is 2. The van der Waals surface area contributed by atoms with Crippen LogP contribution in [-0.2, 0) is 4.74 Å². The number of aromatic nitrogens is 2. The van der Waals surface area contributed by atoms with Crippen LogP contribution in [0.25, 0.3) is 5.52 Å². The zero-order chi connectivity index (χ0) is 15.0. The Morgan fingerprint density at radius 3 is 2.57 bits per heavy atom. The molecule has 21 heavy (non-hydrogen) atoms. The fourth-order valence-corrected chi connectivity index (χ4v) is 2.73. The summed E-state index contributed by atoms with van der Waals surface area (Å²) < 4.78 is 6.89. The number of fused-ring (bicyclic) bond motifs is 1. The van der Waals surface area contributed by atoms with E-state index in [1.165, 1.54) is 6.07 Å². The lowest BCUT2D eigenvalue weighted by Crippen LogP contribution is -2.16. The predicted octanol–water partition coefficient (Wildman–Crippen LogP) is 1.62. The molecule has 2 N–H and O–H groups in total. The number of pyridine rings is 1. The summed E-state index contributed by atoms with van der Waals surface area (Å²) >= 11 is 0. The molecule has 110 valence electrons. The Morgan fingerprint density at radius 2 is 1.95 bits per heavy atom. The van der Waals surface area contributed by atoms with Crippen LogP contribution in [0.1, 0.15) is 45.4 Å². The molecule has 7 heteroatoms. The highest BCUT2D eigenvalue weighted by Crippen LogP contribution is 2.29. The first-order valence-electron chi connectivity index (χ1n) is 6.65. The van der Waals surface area contributed by atoms with Crippen molar-refractivity contribution in [3.63, 3.8) is 0 Å². The Hall–Kier alpha value is -2.41. The number of imidazole rings is 1. The number of ether oxygens (including phenoxy) is 1. The van der Waals surface area contributed by atoms with Crippen LogP contribution in [0.4, 0.5) is 0 Å². The van der Waals surface area contributed by atoms with Gasteiger partial charge in [0.25, 0.3) is 0 Å². The van der Waals surface area contributed by atoms with E-state index in [0.29, 0.717) is 19.0 Å². The van der Waals surface area contributed by atoms with Crippen LogP contribution in [-0.4, -0.2) is 44.8 Å². The Balaban J connectivity index is 2.24. The van der Waals surface area contributed by atoms with E-state index in [1.807, 2.05) is 0 Å². The second-order valence-corrected chi connectivity index (χ2v) is 4.96. The lowest BCUT2D eigenvalue weighted by Gasteiger charge is -2.20. The third-order valence-corrected chi connectivity index (χ3v) is 3.71. The minimum absolute atomic E-state index is 0.0549. The Morgan fingerprint density at radius 1 is 1.24 bits per heavy atom. The molecule has 0 spiro atoms. The van der Waals surface area contributed by atoms with Crippen molar-refractivity contribution in [2.45, 2.75) is 18.8 Å². The number of carboxylic acid groups (broad SMARTS) is 2. The molecule has 0 bridgehead atoms. The maximum atomic E-state index is 11.4. The average molecular weight is 290 g/mol. The zero-order valence-corrected chi connectivity index (χ0v) is 11.2. The smallest absolute Gasteiger partial charge is 0.356 e. The number of aromatic carboxylic acids is 2. The van der Waals surface area contributed by atoms with Gasteiger partial charge in [0.1, 0.15) is 5.82 Å². The van der Waals surface area contributed by atoms with Gasteiger partial charge in [-0.3, -0.25) is 0 Å². The Labute approximate surface area is 119 Å². The van der Waals surface area contributed by atoms with Crippen molar-refractivity contribution in [3.8, 4) is 0 Å². The van der Waals surface area contributed by atoms with E-state index in [0.717, 1.165) is 12.8 Å². The monoisotopic (exact) mass is 290 g/mol. The molecule has 0 unspecified atom stereocenters. The van der Waals surface area contributed by atoms with Crippen molar-refractivity contribution in [1.82, 2.24) is 9.38 Å². The van der Waals surface area contributed by atoms with E-state index in [1.54, 1.807) is 16.7 Å². The van der Waals surface area contributed by atoms with Gasteiger partial charge in [0.2, 0.25) is 0 Å². The summed E-state index contributed by atoms with van der Waals surface area (Å²) in [6.07, 6.45) is 3.15. The van der Waals surface area contributed by atoms with Crippen molar-refractivity contribution in [1.29, 1.82) is 0 Å². The average Bonchev–Trinajstić information content (AvgIpc) is 2.87. The van der Waals surface area contributed by atoms with Crippen LogP contribution in [0.15, 0.2) is 18.3 Å². The van der Waals surface area contributed by atoms with Crippen LogP contribution in [0, 0.1) is 0 Å². The van der Waals surface area contributed by atoms with E-state index >= 15 is 0 Å². The molecule has 3 rings (SSSR count). The van der Waals surface area contributed by atoms with Gasteiger partial charge in [-0.05, 0) is 25.0 Å². The zero-order valence-electron chi connectivity index (χ0n) is 11.2. The normalized spacial score (nSPS) is 16.2. The molecule has 2 aromatic rings. The van der Waals surface area contributed by atoms with Crippen molar-refractivity contribution in [2.24, 2.45) is 0 Å². The van der Waals surface area contributed by atoms with Crippen molar-refractivity contribution in [2.75, 3.05) is 13.2 Å². The fourth-order valence-electron chi connectivity index (χ4n) is 2.73. The lowest BCUT2D eigenvalue weighted by molar-refractivity contribution is 0.0690. The van der Waals surface area contributed by atoms with E-state index < -0.39 is 11.9 Å². The molecule has 2 aromatic heterocycles. The fraction of sp³-hybridized carbons (Fsp3) is 0.357. The largest absolute Gasteiger partial charge is 0.478 e. The highest BCUT2D eigenvalue weighted by molar-refractivity contribution is 6.03. The first-order valence-corrected chi connectivity index (χ1v) is 6.65. The number of carboxylic acids is 2. The second kappa shape index (κ2) is 5.17. The summed E-state index contributed by atoms with van der Waals surface area (Å²) in [5.74, 6) is -1.72. The van der Waals surface area contributed by atoms with E-state index in [4.69, 9.17) is 4.74 Å². The van der Waals surface area contributed by atoms with E-state index in [2.05, 4.69) is 4.98 Å².